The summed E-state index contributed by atoms with van der Waals surface area (Å²) in [6, 6.07) is 0. The highest BCUT2D eigenvalue weighted by atomic mass is 16.4. The van der Waals surface area contributed by atoms with E-state index in [1.54, 1.807) is 0 Å². The average molecular weight is 229 g/mol. The topological polar surface area (TPSA) is 66.4 Å². The second-order valence-electron chi connectivity index (χ2n) is 4.32. The molecule has 0 aliphatic carbocycles. The van der Waals surface area contributed by atoms with Crippen LogP contribution in [0.2, 0.25) is 0 Å². The molecule has 0 radical (unpaired) electrons. The molecule has 0 aromatic heterocycles. The molecule has 4 heteroatoms. The van der Waals surface area contributed by atoms with Crippen LogP contribution in [-0.4, -0.2) is 23.5 Å². The van der Waals surface area contributed by atoms with Crippen LogP contribution >= 0.6 is 0 Å². The summed E-state index contributed by atoms with van der Waals surface area (Å²) in [6.07, 6.45) is 2.52. The minimum Gasteiger partial charge on any atom is -0.481 e. The van der Waals surface area contributed by atoms with Crippen molar-refractivity contribution < 1.29 is 14.7 Å². The molecule has 0 bridgehead atoms. The molecule has 4 nitrogen and oxygen atoms in total. The maximum absolute atomic E-state index is 11.6. The Bertz CT molecular complexity index is 228. The summed E-state index contributed by atoms with van der Waals surface area (Å²) in [4.78, 5) is 21.9. The van der Waals surface area contributed by atoms with Gasteiger partial charge in [-0.3, -0.25) is 9.59 Å². The Hall–Kier alpha value is -1.06. The summed E-state index contributed by atoms with van der Waals surface area (Å²) in [7, 11) is 0. The van der Waals surface area contributed by atoms with E-state index in [-0.39, 0.29) is 18.2 Å². The zero-order valence-electron chi connectivity index (χ0n) is 10.5. The van der Waals surface area contributed by atoms with Gasteiger partial charge in [0.15, 0.2) is 0 Å². The first-order chi connectivity index (χ1) is 7.49. The molecule has 0 aromatic rings. The van der Waals surface area contributed by atoms with Gasteiger partial charge in [0, 0.05) is 18.9 Å². The highest BCUT2D eigenvalue weighted by molar-refractivity contribution is 5.78. The van der Waals surface area contributed by atoms with E-state index in [1.807, 2.05) is 6.92 Å². The van der Waals surface area contributed by atoms with Gasteiger partial charge in [0.25, 0.3) is 0 Å². The lowest BCUT2D eigenvalue weighted by Crippen LogP contribution is -2.33. The quantitative estimate of drug-likeness (QED) is 0.626. The Balaban J connectivity index is 3.61. The van der Waals surface area contributed by atoms with Crippen LogP contribution in [0.15, 0.2) is 0 Å². The summed E-state index contributed by atoms with van der Waals surface area (Å²) in [5, 5.41) is 11.3. The lowest BCUT2D eigenvalue weighted by Gasteiger charge is -2.17. The third-order valence-electron chi connectivity index (χ3n) is 3.03. The minimum absolute atomic E-state index is 0.0319. The normalized spacial score (nSPS) is 14.2. The molecule has 0 aliphatic rings. The van der Waals surface area contributed by atoms with Crippen molar-refractivity contribution in [1.29, 1.82) is 0 Å². The van der Waals surface area contributed by atoms with Gasteiger partial charge in [-0.1, -0.05) is 27.2 Å². The van der Waals surface area contributed by atoms with Gasteiger partial charge < -0.3 is 10.4 Å². The molecule has 2 atom stereocenters. The number of carbonyl (C=O) groups excluding carboxylic acids is 1. The monoisotopic (exact) mass is 229 g/mol. The van der Waals surface area contributed by atoms with Gasteiger partial charge >= 0.3 is 5.97 Å². The van der Waals surface area contributed by atoms with Crippen LogP contribution in [0.1, 0.15) is 46.5 Å². The number of amides is 1. The molecule has 2 unspecified atom stereocenters. The predicted molar refractivity (Wildman–Crippen MR) is 63.1 cm³/mol. The standard InChI is InChI=1S/C12H23NO3/c1-4-9(2)10(3)12(16)13-8-6-5-7-11(14)15/h9-10H,4-8H2,1-3H3,(H,13,16)(H,14,15). The van der Waals surface area contributed by atoms with Gasteiger partial charge in [0.2, 0.25) is 5.91 Å². The van der Waals surface area contributed by atoms with Crippen molar-refractivity contribution in [2.24, 2.45) is 11.8 Å². The van der Waals surface area contributed by atoms with Crippen LogP contribution in [0, 0.1) is 11.8 Å². The molecule has 0 fully saturated rings. The van der Waals surface area contributed by atoms with Crippen molar-refractivity contribution in [3.8, 4) is 0 Å². The van der Waals surface area contributed by atoms with Crippen LogP contribution in [0.3, 0.4) is 0 Å². The first-order valence-electron chi connectivity index (χ1n) is 5.98. The number of rotatable bonds is 8. The molecule has 0 rings (SSSR count). The first-order valence-corrected chi connectivity index (χ1v) is 5.98. The highest BCUT2D eigenvalue weighted by Gasteiger charge is 2.17. The minimum atomic E-state index is -0.778. The van der Waals surface area contributed by atoms with Crippen molar-refractivity contribution in [3.05, 3.63) is 0 Å². The lowest BCUT2D eigenvalue weighted by molar-refractivity contribution is -0.137. The number of unbranched alkanes of at least 4 members (excludes halogenated alkanes) is 1. The fraction of sp³-hybridized carbons (Fsp3) is 0.833. The second kappa shape index (κ2) is 8.13. The van der Waals surface area contributed by atoms with E-state index in [9.17, 15) is 9.59 Å². The molecule has 1 amide bonds. The number of carboxylic acids is 1. The van der Waals surface area contributed by atoms with Crippen molar-refractivity contribution in [2.75, 3.05) is 6.54 Å². The molecular weight excluding hydrogens is 206 g/mol. The van der Waals surface area contributed by atoms with Gasteiger partial charge in [0.05, 0.1) is 0 Å². The van der Waals surface area contributed by atoms with Gasteiger partial charge in [-0.2, -0.15) is 0 Å². The molecule has 0 spiro atoms. The molecule has 94 valence electrons. The van der Waals surface area contributed by atoms with E-state index in [1.165, 1.54) is 0 Å². The smallest absolute Gasteiger partial charge is 0.303 e. The Labute approximate surface area is 97.4 Å². The summed E-state index contributed by atoms with van der Waals surface area (Å²) in [6.45, 7) is 6.64. The Kier molecular flexibility index (Phi) is 7.60. The maximum atomic E-state index is 11.6. The van der Waals surface area contributed by atoms with Crippen LogP contribution in [-0.2, 0) is 9.59 Å². The fourth-order valence-electron chi connectivity index (χ4n) is 1.39. The van der Waals surface area contributed by atoms with Gasteiger partial charge in [-0.05, 0) is 18.8 Å². The Morgan fingerprint density at radius 3 is 2.38 bits per heavy atom. The highest BCUT2D eigenvalue weighted by Crippen LogP contribution is 2.14. The fourth-order valence-corrected chi connectivity index (χ4v) is 1.39. The lowest BCUT2D eigenvalue weighted by atomic mass is 9.93. The van der Waals surface area contributed by atoms with Gasteiger partial charge in [0.1, 0.15) is 0 Å². The van der Waals surface area contributed by atoms with Crippen LogP contribution < -0.4 is 5.32 Å². The Morgan fingerprint density at radius 2 is 1.88 bits per heavy atom. The Morgan fingerprint density at radius 1 is 1.25 bits per heavy atom. The van der Waals surface area contributed by atoms with Crippen molar-refractivity contribution in [2.45, 2.75) is 46.5 Å². The van der Waals surface area contributed by atoms with E-state index in [4.69, 9.17) is 5.11 Å². The number of carboxylic acid groups (broad SMARTS) is 1. The first kappa shape index (κ1) is 14.9. The van der Waals surface area contributed by atoms with Crippen LogP contribution in [0.25, 0.3) is 0 Å². The van der Waals surface area contributed by atoms with E-state index in [0.717, 1.165) is 12.8 Å². The van der Waals surface area contributed by atoms with Gasteiger partial charge in [-0.25, -0.2) is 0 Å². The SMILES string of the molecule is CCC(C)C(C)C(=O)NCCCCC(=O)O. The summed E-state index contributed by atoms with van der Waals surface area (Å²) < 4.78 is 0. The second-order valence-corrected chi connectivity index (χ2v) is 4.32. The van der Waals surface area contributed by atoms with Crippen molar-refractivity contribution in [3.63, 3.8) is 0 Å². The summed E-state index contributed by atoms with van der Waals surface area (Å²) >= 11 is 0. The zero-order chi connectivity index (χ0) is 12.6. The van der Waals surface area contributed by atoms with Crippen LogP contribution in [0.5, 0.6) is 0 Å². The number of hydrogen-bond donors (Lipinski definition) is 2. The van der Waals surface area contributed by atoms with Crippen molar-refractivity contribution >= 4 is 11.9 Å². The number of hydrogen-bond acceptors (Lipinski definition) is 2. The molecule has 0 heterocycles. The number of aliphatic carboxylic acids is 1. The van der Waals surface area contributed by atoms with E-state index < -0.39 is 5.97 Å². The van der Waals surface area contributed by atoms with Crippen molar-refractivity contribution in [1.82, 2.24) is 5.32 Å². The molecule has 0 aliphatic heterocycles. The molecule has 0 saturated heterocycles. The van der Waals surface area contributed by atoms with E-state index in [0.29, 0.717) is 18.9 Å². The molecular formula is C12H23NO3. The van der Waals surface area contributed by atoms with E-state index >= 15 is 0 Å². The van der Waals surface area contributed by atoms with Gasteiger partial charge in [-0.15, -0.1) is 0 Å². The third-order valence-corrected chi connectivity index (χ3v) is 3.03. The number of carbonyl (C=O) groups is 2. The molecule has 2 N–H and O–H groups in total. The molecule has 0 aromatic carbocycles. The van der Waals surface area contributed by atoms with E-state index in [2.05, 4.69) is 19.2 Å². The van der Waals surface area contributed by atoms with Crippen LogP contribution in [0.4, 0.5) is 0 Å². The summed E-state index contributed by atoms with van der Waals surface area (Å²) in [5.41, 5.74) is 0. The molecule has 0 saturated carbocycles. The number of nitrogens with one attached hydrogen (secondary N) is 1. The third kappa shape index (κ3) is 6.43. The zero-order valence-corrected chi connectivity index (χ0v) is 10.5. The molecule has 16 heavy (non-hydrogen) atoms. The largest absolute Gasteiger partial charge is 0.481 e. The predicted octanol–water partition coefficient (Wildman–Crippen LogP) is 2.04. The summed E-state index contributed by atoms with van der Waals surface area (Å²) in [5.74, 6) is -0.285. The maximum Gasteiger partial charge on any atom is 0.303 e. The average Bonchev–Trinajstić information content (AvgIpc) is 2.25.